The number of aliphatic imine (C=N–C) groups is 1. The van der Waals surface area contributed by atoms with Gasteiger partial charge in [-0.15, -0.1) is 0 Å². The highest BCUT2D eigenvalue weighted by Crippen LogP contribution is 2.09. The zero-order chi connectivity index (χ0) is 21.3. The molecule has 0 spiro atoms. The Hall–Kier alpha value is -1.65. The number of imidazole rings is 1. The average molecular weight is 429 g/mol. The van der Waals surface area contributed by atoms with E-state index in [2.05, 4.69) is 24.8 Å². The van der Waals surface area contributed by atoms with Crippen LogP contribution in [0.2, 0.25) is 0 Å². The number of aryl methyl sites for hydroxylation is 2. The first-order valence-corrected chi connectivity index (χ1v) is 12.0. The molecule has 2 rings (SSSR count). The largest absolute Gasteiger partial charge is 0.378 e. The molecule has 0 atom stereocenters. The Morgan fingerprint density at radius 1 is 1.28 bits per heavy atom. The predicted octanol–water partition coefficient (Wildman–Crippen LogP) is 0.920. The molecule has 0 amide bonds. The van der Waals surface area contributed by atoms with Gasteiger partial charge in [-0.25, -0.2) is 13.4 Å². The molecule has 1 fully saturated rings. The first kappa shape index (κ1) is 23.6. The average Bonchev–Trinajstić information content (AvgIpc) is 3.09. The van der Waals surface area contributed by atoms with Crippen molar-refractivity contribution >= 4 is 16.0 Å². The predicted molar refractivity (Wildman–Crippen MR) is 116 cm³/mol. The maximum atomic E-state index is 12.5. The van der Waals surface area contributed by atoms with E-state index in [-0.39, 0.29) is 18.5 Å². The molecule has 0 aromatic carbocycles. The summed E-state index contributed by atoms with van der Waals surface area (Å²) >= 11 is 0. The van der Waals surface area contributed by atoms with Gasteiger partial charge < -0.3 is 19.5 Å². The van der Waals surface area contributed by atoms with Crippen molar-refractivity contribution < 1.29 is 13.2 Å². The van der Waals surface area contributed by atoms with Crippen molar-refractivity contribution in [2.75, 3.05) is 52.1 Å². The van der Waals surface area contributed by atoms with Crippen LogP contribution in [0.4, 0.5) is 0 Å². The second kappa shape index (κ2) is 11.5. The number of nitrogens with one attached hydrogen (secondary N) is 1. The first-order chi connectivity index (χ1) is 13.8. The Bertz CT molecular complexity index is 739. The number of nitrogens with zero attached hydrogens (tertiary/aromatic N) is 5. The van der Waals surface area contributed by atoms with Gasteiger partial charge in [0.15, 0.2) is 5.96 Å². The fourth-order valence-electron chi connectivity index (χ4n) is 3.28. The summed E-state index contributed by atoms with van der Waals surface area (Å²) in [6.07, 6.45) is 5.96. The summed E-state index contributed by atoms with van der Waals surface area (Å²) in [5, 5.41) is 3.40. The van der Waals surface area contributed by atoms with E-state index < -0.39 is 10.0 Å². The zero-order valence-corrected chi connectivity index (χ0v) is 19.0. The molecule has 166 valence electrons. The van der Waals surface area contributed by atoms with Gasteiger partial charge in [0.1, 0.15) is 5.82 Å². The van der Waals surface area contributed by atoms with Crippen LogP contribution in [0.5, 0.6) is 0 Å². The molecule has 1 aromatic rings. The second-order valence-electron chi connectivity index (χ2n) is 7.47. The maximum absolute atomic E-state index is 12.5. The lowest BCUT2D eigenvalue weighted by atomic mass is 10.3. The van der Waals surface area contributed by atoms with Gasteiger partial charge >= 0.3 is 0 Å². The minimum Gasteiger partial charge on any atom is -0.378 e. The molecule has 1 aliphatic heterocycles. The number of rotatable bonds is 10. The number of piperazine rings is 1. The van der Waals surface area contributed by atoms with Crippen molar-refractivity contribution in [3.05, 3.63) is 18.2 Å². The van der Waals surface area contributed by atoms with E-state index in [0.29, 0.717) is 26.2 Å². The molecule has 1 aromatic heterocycles. The van der Waals surface area contributed by atoms with Crippen LogP contribution in [0.25, 0.3) is 0 Å². The number of ether oxygens (including phenoxy) is 1. The van der Waals surface area contributed by atoms with Gasteiger partial charge in [-0.1, -0.05) is 0 Å². The fraction of sp³-hybridized carbons (Fsp3) is 0.789. The van der Waals surface area contributed by atoms with Crippen molar-refractivity contribution in [2.24, 2.45) is 4.99 Å². The molecule has 0 unspecified atom stereocenters. The van der Waals surface area contributed by atoms with Crippen molar-refractivity contribution in [1.82, 2.24) is 24.1 Å². The van der Waals surface area contributed by atoms with Gasteiger partial charge in [-0.05, 0) is 33.6 Å². The summed E-state index contributed by atoms with van der Waals surface area (Å²) in [5.74, 6) is 1.91. The van der Waals surface area contributed by atoms with Gasteiger partial charge in [-0.3, -0.25) is 4.99 Å². The van der Waals surface area contributed by atoms with Crippen LogP contribution in [-0.4, -0.2) is 91.4 Å². The molecule has 0 aliphatic carbocycles. The molecule has 2 heterocycles. The quantitative estimate of drug-likeness (QED) is 0.338. The molecule has 9 nitrogen and oxygen atoms in total. The number of sulfonamides is 1. The van der Waals surface area contributed by atoms with E-state index in [1.165, 1.54) is 0 Å². The van der Waals surface area contributed by atoms with Crippen molar-refractivity contribution in [3.8, 4) is 0 Å². The number of hydrogen-bond acceptors (Lipinski definition) is 5. The number of guanidine groups is 1. The first-order valence-electron chi connectivity index (χ1n) is 10.4. The maximum Gasteiger partial charge on any atom is 0.216 e. The highest BCUT2D eigenvalue weighted by molar-refractivity contribution is 7.89. The molecule has 1 N–H and O–H groups in total. The van der Waals surface area contributed by atoms with E-state index in [0.717, 1.165) is 37.7 Å². The lowest BCUT2D eigenvalue weighted by molar-refractivity contribution is 0.0904. The minimum absolute atomic E-state index is 0.0363. The van der Waals surface area contributed by atoms with Gasteiger partial charge in [-0.2, -0.15) is 4.31 Å². The zero-order valence-electron chi connectivity index (χ0n) is 18.2. The van der Waals surface area contributed by atoms with E-state index in [9.17, 15) is 8.42 Å². The van der Waals surface area contributed by atoms with E-state index in [1.807, 2.05) is 33.2 Å². The van der Waals surface area contributed by atoms with Crippen molar-refractivity contribution in [2.45, 2.75) is 46.3 Å². The minimum atomic E-state index is -3.27. The summed E-state index contributed by atoms with van der Waals surface area (Å²) < 4.78 is 34.0. The molecule has 0 saturated carbocycles. The highest BCUT2D eigenvalue weighted by Gasteiger charge is 2.27. The van der Waals surface area contributed by atoms with Crippen LogP contribution >= 0.6 is 0 Å². The molecule has 29 heavy (non-hydrogen) atoms. The van der Waals surface area contributed by atoms with Crippen molar-refractivity contribution in [1.29, 1.82) is 0 Å². The second-order valence-corrected chi connectivity index (χ2v) is 9.56. The molecule has 0 radical (unpaired) electrons. The molecular weight excluding hydrogens is 392 g/mol. The normalized spacial score (nSPS) is 16.6. The third kappa shape index (κ3) is 7.60. The number of hydrogen-bond donors (Lipinski definition) is 1. The Balaban J connectivity index is 1.69. The third-order valence-electron chi connectivity index (χ3n) is 4.97. The summed E-state index contributed by atoms with van der Waals surface area (Å²) in [4.78, 5) is 10.7. The standard InChI is InChI=1S/C19H36N6O3S/c1-17(2)28-15-16-29(26,27)25-13-11-24(12-14-25)19(20-4)22-7-5-6-9-23-10-8-21-18(23)3/h8,10,17H,5-7,9,11-16H2,1-4H3,(H,20,22). The van der Waals surface area contributed by atoms with Crippen LogP contribution in [0, 0.1) is 6.92 Å². The Labute approximate surface area is 175 Å². The Kier molecular flexibility index (Phi) is 9.38. The van der Waals surface area contributed by atoms with Gasteiger partial charge in [0.2, 0.25) is 10.0 Å². The van der Waals surface area contributed by atoms with Gasteiger partial charge in [0.05, 0.1) is 18.5 Å². The summed E-state index contributed by atoms with van der Waals surface area (Å²) in [5.41, 5.74) is 0. The molecule has 1 saturated heterocycles. The molecular formula is C19H36N6O3S. The SMILES string of the molecule is CN=C(NCCCCn1ccnc1C)N1CCN(S(=O)(=O)CCOC(C)C)CC1. The van der Waals surface area contributed by atoms with Crippen LogP contribution < -0.4 is 5.32 Å². The fourth-order valence-corrected chi connectivity index (χ4v) is 4.56. The van der Waals surface area contributed by atoms with Crippen LogP contribution in [-0.2, 0) is 21.3 Å². The van der Waals surface area contributed by atoms with Gasteiger partial charge in [0, 0.05) is 58.7 Å². The lowest BCUT2D eigenvalue weighted by Crippen LogP contribution is -2.54. The molecule has 0 bridgehead atoms. The Morgan fingerprint density at radius 3 is 2.59 bits per heavy atom. The topological polar surface area (TPSA) is 92.1 Å². The number of aromatic nitrogens is 2. The van der Waals surface area contributed by atoms with Crippen LogP contribution in [0.1, 0.15) is 32.5 Å². The Morgan fingerprint density at radius 2 is 2.00 bits per heavy atom. The molecule has 1 aliphatic rings. The van der Waals surface area contributed by atoms with E-state index in [4.69, 9.17) is 4.74 Å². The third-order valence-corrected chi connectivity index (χ3v) is 6.80. The van der Waals surface area contributed by atoms with E-state index in [1.54, 1.807) is 11.4 Å². The monoisotopic (exact) mass is 428 g/mol. The smallest absolute Gasteiger partial charge is 0.216 e. The van der Waals surface area contributed by atoms with Crippen LogP contribution in [0.15, 0.2) is 17.4 Å². The summed E-state index contributed by atoms with van der Waals surface area (Å²) in [6, 6.07) is 0. The summed E-state index contributed by atoms with van der Waals surface area (Å²) in [7, 11) is -1.50. The van der Waals surface area contributed by atoms with Crippen LogP contribution in [0.3, 0.4) is 0 Å². The lowest BCUT2D eigenvalue weighted by Gasteiger charge is -2.35. The summed E-state index contributed by atoms with van der Waals surface area (Å²) in [6.45, 7) is 10.1. The van der Waals surface area contributed by atoms with Crippen molar-refractivity contribution in [3.63, 3.8) is 0 Å². The molecule has 10 heteroatoms. The highest BCUT2D eigenvalue weighted by atomic mass is 32.2. The number of unbranched alkanes of at least 4 members (excludes halogenated alkanes) is 1. The van der Waals surface area contributed by atoms with E-state index >= 15 is 0 Å². The van der Waals surface area contributed by atoms with Gasteiger partial charge in [0.25, 0.3) is 0 Å².